The topological polar surface area (TPSA) is 111 Å². The van der Waals surface area contributed by atoms with Crippen LogP contribution in [0.4, 0.5) is 0 Å². The highest BCUT2D eigenvalue weighted by atomic mass is 16.5. The molecular formula is C19H28N4O3. The van der Waals surface area contributed by atoms with Gasteiger partial charge in [0.15, 0.2) is 5.96 Å². The Kier molecular flexibility index (Phi) is 5.59. The van der Waals surface area contributed by atoms with Crippen LogP contribution in [-0.2, 0) is 11.3 Å². The molecule has 1 aromatic carbocycles. The van der Waals surface area contributed by atoms with Gasteiger partial charge in [-0.1, -0.05) is 13.8 Å². The van der Waals surface area contributed by atoms with Gasteiger partial charge in [0.05, 0.1) is 19.0 Å². The SMILES string of the molecule is CC(C)C1CC(=O)N(Cc2cc(C(N)=O)ccc2OC(C)(C)C)C(N)=N1. The highest BCUT2D eigenvalue weighted by Gasteiger charge is 2.30. The predicted octanol–water partition coefficient (Wildman–Crippen LogP) is 2.03. The maximum Gasteiger partial charge on any atom is 0.248 e. The minimum Gasteiger partial charge on any atom is -0.488 e. The van der Waals surface area contributed by atoms with E-state index in [1.54, 1.807) is 18.2 Å². The third-order valence-electron chi connectivity index (χ3n) is 4.12. The van der Waals surface area contributed by atoms with Crippen molar-refractivity contribution in [2.45, 2.75) is 59.2 Å². The largest absolute Gasteiger partial charge is 0.488 e. The van der Waals surface area contributed by atoms with Crippen molar-refractivity contribution in [2.75, 3.05) is 0 Å². The number of hydrogen-bond donors (Lipinski definition) is 2. The van der Waals surface area contributed by atoms with Crippen molar-refractivity contribution in [1.29, 1.82) is 0 Å². The molecule has 0 aromatic heterocycles. The van der Waals surface area contributed by atoms with Gasteiger partial charge in [-0.2, -0.15) is 0 Å². The number of primary amides is 1. The molecule has 0 saturated carbocycles. The Morgan fingerprint density at radius 1 is 1.38 bits per heavy atom. The number of aliphatic imine (C=N–C) groups is 1. The summed E-state index contributed by atoms with van der Waals surface area (Å²) in [4.78, 5) is 30.0. The highest BCUT2D eigenvalue weighted by molar-refractivity contribution is 5.98. The molecule has 2 rings (SSSR count). The van der Waals surface area contributed by atoms with Crippen LogP contribution >= 0.6 is 0 Å². The van der Waals surface area contributed by atoms with Crippen LogP contribution in [0.2, 0.25) is 0 Å². The summed E-state index contributed by atoms with van der Waals surface area (Å²) in [7, 11) is 0. The molecule has 7 heteroatoms. The molecule has 1 heterocycles. The number of guanidine groups is 1. The van der Waals surface area contributed by atoms with E-state index in [4.69, 9.17) is 16.2 Å². The van der Waals surface area contributed by atoms with Crippen LogP contribution in [0.5, 0.6) is 5.75 Å². The molecule has 1 aliphatic heterocycles. The van der Waals surface area contributed by atoms with Crippen LogP contribution in [0.15, 0.2) is 23.2 Å². The van der Waals surface area contributed by atoms with E-state index >= 15 is 0 Å². The summed E-state index contributed by atoms with van der Waals surface area (Å²) in [6, 6.07) is 4.83. The van der Waals surface area contributed by atoms with Crippen LogP contribution in [0, 0.1) is 5.92 Å². The molecule has 0 bridgehead atoms. The van der Waals surface area contributed by atoms with E-state index in [1.807, 2.05) is 34.6 Å². The lowest BCUT2D eigenvalue weighted by Gasteiger charge is -2.31. The Labute approximate surface area is 154 Å². The molecule has 7 nitrogen and oxygen atoms in total. The van der Waals surface area contributed by atoms with Crippen molar-refractivity contribution in [2.24, 2.45) is 22.4 Å². The molecule has 1 aliphatic rings. The van der Waals surface area contributed by atoms with E-state index in [9.17, 15) is 9.59 Å². The van der Waals surface area contributed by atoms with Crippen LogP contribution in [0.1, 0.15) is 57.0 Å². The van der Waals surface area contributed by atoms with Crippen molar-refractivity contribution in [1.82, 2.24) is 4.90 Å². The molecular weight excluding hydrogens is 332 g/mol. The minimum absolute atomic E-state index is 0.0950. The minimum atomic E-state index is -0.542. The van der Waals surface area contributed by atoms with Gasteiger partial charge in [-0.25, -0.2) is 4.99 Å². The number of nitrogens with two attached hydrogens (primary N) is 2. The Hall–Kier alpha value is -2.57. The van der Waals surface area contributed by atoms with Gasteiger partial charge in [0.2, 0.25) is 11.8 Å². The fraction of sp³-hybridized carbons (Fsp3) is 0.526. The number of ether oxygens (including phenoxy) is 1. The van der Waals surface area contributed by atoms with Crippen LogP contribution in [0.25, 0.3) is 0 Å². The first-order valence-electron chi connectivity index (χ1n) is 8.73. The molecule has 1 aromatic rings. The van der Waals surface area contributed by atoms with Crippen molar-refractivity contribution in [3.63, 3.8) is 0 Å². The molecule has 1 unspecified atom stereocenters. The van der Waals surface area contributed by atoms with E-state index in [0.29, 0.717) is 23.3 Å². The molecule has 0 saturated heterocycles. The Morgan fingerprint density at radius 2 is 2.04 bits per heavy atom. The summed E-state index contributed by atoms with van der Waals surface area (Å²) in [6.07, 6.45) is 0.309. The van der Waals surface area contributed by atoms with E-state index in [-0.39, 0.29) is 30.4 Å². The van der Waals surface area contributed by atoms with Gasteiger partial charge in [0.1, 0.15) is 11.4 Å². The quantitative estimate of drug-likeness (QED) is 0.837. The molecule has 26 heavy (non-hydrogen) atoms. The van der Waals surface area contributed by atoms with Crippen molar-refractivity contribution in [3.8, 4) is 5.75 Å². The van der Waals surface area contributed by atoms with Gasteiger partial charge in [-0.3, -0.25) is 14.5 Å². The zero-order chi connectivity index (χ0) is 19.6. The third kappa shape index (κ3) is 4.74. The van der Waals surface area contributed by atoms with Gasteiger partial charge in [-0.15, -0.1) is 0 Å². The summed E-state index contributed by atoms with van der Waals surface area (Å²) in [5.74, 6) is 0.361. The van der Waals surface area contributed by atoms with Gasteiger partial charge in [0, 0.05) is 11.1 Å². The lowest BCUT2D eigenvalue weighted by molar-refractivity contribution is -0.129. The number of carbonyl (C=O) groups excluding carboxylic acids is 2. The molecule has 142 valence electrons. The lowest BCUT2D eigenvalue weighted by atomic mass is 9.99. The predicted molar refractivity (Wildman–Crippen MR) is 101 cm³/mol. The summed E-state index contributed by atoms with van der Waals surface area (Å²) in [5, 5.41) is 0. The van der Waals surface area contributed by atoms with Crippen LogP contribution < -0.4 is 16.2 Å². The summed E-state index contributed by atoms with van der Waals surface area (Å²) in [5.41, 5.74) is 12.0. The van der Waals surface area contributed by atoms with Gasteiger partial charge >= 0.3 is 0 Å². The first-order valence-corrected chi connectivity index (χ1v) is 8.73. The molecule has 0 spiro atoms. The number of carbonyl (C=O) groups is 2. The fourth-order valence-electron chi connectivity index (χ4n) is 2.71. The van der Waals surface area contributed by atoms with Crippen molar-refractivity contribution >= 4 is 17.8 Å². The molecule has 4 N–H and O–H groups in total. The highest BCUT2D eigenvalue weighted by Crippen LogP contribution is 2.27. The van der Waals surface area contributed by atoms with E-state index in [2.05, 4.69) is 4.99 Å². The Bertz CT molecular complexity index is 735. The Balaban J connectivity index is 2.37. The molecule has 0 radical (unpaired) electrons. The smallest absolute Gasteiger partial charge is 0.248 e. The second-order valence-corrected chi connectivity index (χ2v) is 7.88. The van der Waals surface area contributed by atoms with Crippen LogP contribution in [0.3, 0.4) is 0 Å². The second kappa shape index (κ2) is 7.35. The average Bonchev–Trinajstić information content (AvgIpc) is 2.50. The molecule has 0 fully saturated rings. The molecule has 0 aliphatic carbocycles. The zero-order valence-electron chi connectivity index (χ0n) is 16.1. The number of rotatable bonds is 5. The number of hydrogen-bond acceptors (Lipinski definition) is 5. The van der Waals surface area contributed by atoms with Crippen molar-refractivity contribution < 1.29 is 14.3 Å². The first-order chi connectivity index (χ1) is 12.0. The van der Waals surface area contributed by atoms with Gasteiger partial charge < -0.3 is 16.2 Å². The Morgan fingerprint density at radius 3 is 2.54 bits per heavy atom. The van der Waals surface area contributed by atoms with Gasteiger partial charge in [0.25, 0.3) is 0 Å². The zero-order valence-corrected chi connectivity index (χ0v) is 16.1. The summed E-state index contributed by atoms with van der Waals surface area (Å²) >= 11 is 0. The second-order valence-electron chi connectivity index (χ2n) is 7.88. The number of amides is 2. The first kappa shape index (κ1) is 19.8. The monoisotopic (exact) mass is 360 g/mol. The van der Waals surface area contributed by atoms with E-state index < -0.39 is 11.5 Å². The normalized spacial score (nSPS) is 18.1. The average molecular weight is 360 g/mol. The van der Waals surface area contributed by atoms with E-state index in [0.717, 1.165) is 0 Å². The van der Waals surface area contributed by atoms with Gasteiger partial charge in [-0.05, 0) is 44.9 Å². The summed E-state index contributed by atoms with van der Waals surface area (Å²) in [6.45, 7) is 9.97. The van der Waals surface area contributed by atoms with E-state index in [1.165, 1.54) is 4.90 Å². The molecule has 1 atom stereocenters. The third-order valence-corrected chi connectivity index (χ3v) is 4.12. The maximum atomic E-state index is 12.6. The number of nitrogens with zero attached hydrogens (tertiary/aromatic N) is 2. The summed E-state index contributed by atoms with van der Waals surface area (Å²) < 4.78 is 5.97. The maximum absolute atomic E-state index is 12.6. The fourth-order valence-corrected chi connectivity index (χ4v) is 2.71. The van der Waals surface area contributed by atoms with Crippen LogP contribution in [-0.4, -0.2) is 34.3 Å². The lowest BCUT2D eigenvalue weighted by Crippen LogP contribution is -2.47. The number of benzene rings is 1. The molecule has 2 amide bonds. The van der Waals surface area contributed by atoms with Crippen molar-refractivity contribution in [3.05, 3.63) is 29.3 Å². The standard InChI is InChI=1S/C19H28N4O3/c1-11(2)14-9-16(24)23(18(21)22-14)10-13-8-12(17(20)25)6-7-15(13)26-19(3,4)5/h6-8,11,14H,9-10H2,1-5H3,(H2,20,25)(H2,21,22).